The van der Waals surface area contributed by atoms with Gasteiger partial charge in [-0.2, -0.15) is 0 Å². The molecule has 1 atom stereocenters. The van der Waals surface area contributed by atoms with Crippen LogP contribution in [0.4, 0.5) is 0 Å². The molecule has 3 rings (SSSR count). The topological polar surface area (TPSA) is 56.3 Å². The van der Waals surface area contributed by atoms with Crippen molar-refractivity contribution in [3.05, 3.63) is 83.1 Å². The second kappa shape index (κ2) is 10.5. The predicted molar refractivity (Wildman–Crippen MR) is 95.8 cm³/mol. The number of rotatable bonds is 6. The van der Waals surface area contributed by atoms with Crippen LogP contribution in [0.2, 0.25) is 0 Å². The standard InChI is InChI=1S/C19H18O2S.Na.H2O/c20-15-21-14-19(22-11-4-5-12-22)18-10-6-9-17(13-18)16-7-2-1-3-8-16;;/h1-13,15,19,22H,14H2;;1H2/q;+1;/p-1. The minimum Gasteiger partial charge on any atom is -0.870 e. The fourth-order valence-electron chi connectivity index (χ4n) is 2.60. The number of thiol groups is 1. The first-order chi connectivity index (χ1) is 10.9. The van der Waals surface area contributed by atoms with Crippen LogP contribution < -0.4 is 29.6 Å². The summed E-state index contributed by atoms with van der Waals surface area (Å²) in [6.07, 6.45) is 4.14. The molecule has 0 amide bonds. The first kappa shape index (κ1) is 20.7. The summed E-state index contributed by atoms with van der Waals surface area (Å²) in [6, 6.07) is 18.8. The van der Waals surface area contributed by atoms with Gasteiger partial charge in [-0.15, -0.1) is 0 Å². The Balaban J connectivity index is 0.00000144. The van der Waals surface area contributed by atoms with E-state index in [-0.39, 0.29) is 40.3 Å². The Morgan fingerprint density at radius 3 is 2.29 bits per heavy atom. The van der Waals surface area contributed by atoms with E-state index < -0.39 is 10.9 Å². The van der Waals surface area contributed by atoms with Crippen molar-refractivity contribution in [3.8, 4) is 11.1 Å². The van der Waals surface area contributed by atoms with Crippen molar-refractivity contribution >= 4 is 17.4 Å². The summed E-state index contributed by atoms with van der Waals surface area (Å²) < 4.78 is 5.08. The summed E-state index contributed by atoms with van der Waals surface area (Å²) in [6.45, 7) is 0.953. The molecule has 3 nitrogen and oxygen atoms in total. The van der Waals surface area contributed by atoms with E-state index in [1.165, 1.54) is 16.7 Å². The van der Waals surface area contributed by atoms with Gasteiger partial charge in [0.15, 0.2) is 0 Å². The van der Waals surface area contributed by atoms with Crippen LogP contribution in [0.3, 0.4) is 0 Å². The van der Waals surface area contributed by atoms with Crippen molar-refractivity contribution in [2.45, 2.75) is 5.25 Å². The zero-order chi connectivity index (χ0) is 15.2. The number of carbonyl (C=O) groups is 1. The van der Waals surface area contributed by atoms with Crippen LogP contribution >= 0.6 is 10.9 Å². The van der Waals surface area contributed by atoms with Gasteiger partial charge in [0.05, 0.1) is 5.25 Å². The molecule has 0 aromatic heterocycles. The molecule has 2 aromatic rings. The fraction of sp³-hybridized carbons (Fsp3) is 0.105. The first-order valence-electron chi connectivity index (χ1n) is 7.21. The van der Waals surface area contributed by atoms with Crippen molar-refractivity contribution in [1.29, 1.82) is 0 Å². The summed E-state index contributed by atoms with van der Waals surface area (Å²) in [4.78, 5) is 10.6. The van der Waals surface area contributed by atoms with Gasteiger partial charge in [-0.25, -0.2) is 10.9 Å². The largest absolute Gasteiger partial charge is 1.00 e. The second-order valence-corrected chi connectivity index (χ2v) is 7.18. The number of ether oxygens (including phenoxy) is 1. The molecule has 1 aliphatic rings. The molecule has 1 unspecified atom stereocenters. The van der Waals surface area contributed by atoms with Crippen LogP contribution in [0, 0.1) is 0 Å². The minimum atomic E-state index is -0.423. The third-order valence-electron chi connectivity index (χ3n) is 3.69. The maximum absolute atomic E-state index is 10.6. The number of allylic oxidation sites excluding steroid dienone is 2. The van der Waals surface area contributed by atoms with Gasteiger partial charge in [0, 0.05) is 0 Å². The molecule has 0 aliphatic carbocycles. The molecular formula is C19H19NaO3S. The van der Waals surface area contributed by atoms with Gasteiger partial charge in [0.2, 0.25) is 0 Å². The number of benzene rings is 2. The molecule has 1 heterocycles. The fourth-order valence-corrected chi connectivity index (χ4v) is 4.47. The van der Waals surface area contributed by atoms with Gasteiger partial charge >= 0.3 is 29.6 Å². The molecule has 0 radical (unpaired) electrons. The Morgan fingerprint density at radius 1 is 0.958 bits per heavy atom. The van der Waals surface area contributed by atoms with E-state index >= 15 is 0 Å². The van der Waals surface area contributed by atoms with E-state index in [2.05, 4.69) is 59.4 Å². The van der Waals surface area contributed by atoms with Crippen LogP contribution in [0.15, 0.2) is 77.6 Å². The third-order valence-corrected chi connectivity index (χ3v) is 5.89. The zero-order valence-corrected chi connectivity index (χ0v) is 16.5. The summed E-state index contributed by atoms with van der Waals surface area (Å²) >= 11 is 0. The van der Waals surface area contributed by atoms with E-state index in [0.29, 0.717) is 13.1 Å². The molecule has 2 aromatic carbocycles. The summed E-state index contributed by atoms with van der Waals surface area (Å²) in [5.74, 6) is 0. The Kier molecular flexibility index (Phi) is 9.11. The number of hydrogen-bond donors (Lipinski definition) is 1. The van der Waals surface area contributed by atoms with E-state index in [4.69, 9.17) is 4.74 Å². The van der Waals surface area contributed by atoms with Crippen LogP contribution in [0.25, 0.3) is 11.1 Å². The molecular weight excluding hydrogens is 331 g/mol. The third kappa shape index (κ3) is 5.10. The second-order valence-electron chi connectivity index (χ2n) is 5.07. The SMILES string of the molecule is O=COCC(c1cccc(-c2ccccc2)c1)[SH]1C=CC=C1.[Na+].[OH-]. The molecule has 0 spiro atoms. The summed E-state index contributed by atoms with van der Waals surface area (Å²) in [5.41, 5.74) is 3.60. The van der Waals surface area contributed by atoms with Crippen LogP contribution in [-0.4, -0.2) is 18.6 Å². The normalized spacial score (nSPS) is 14.4. The monoisotopic (exact) mass is 350 g/mol. The van der Waals surface area contributed by atoms with Gasteiger partial charge in [-0.3, -0.25) is 4.79 Å². The Labute approximate surface area is 167 Å². The summed E-state index contributed by atoms with van der Waals surface area (Å²) in [7, 11) is -0.423. The molecule has 24 heavy (non-hydrogen) atoms. The van der Waals surface area contributed by atoms with Gasteiger partial charge in [0.1, 0.15) is 6.61 Å². The van der Waals surface area contributed by atoms with Crippen molar-refractivity contribution in [3.63, 3.8) is 0 Å². The molecule has 0 fully saturated rings. The van der Waals surface area contributed by atoms with Crippen LogP contribution in [0.1, 0.15) is 10.8 Å². The van der Waals surface area contributed by atoms with E-state index in [1.807, 2.05) is 18.2 Å². The number of carbonyl (C=O) groups excluding carboxylic acids is 1. The van der Waals surface area contributed by atoms with Crippen molar-refractivity contribution in [2.75, 3.05) is 6.61 Å². The van der Waals surface area contributed by atoms with Crippen molar-refractivity contribution in [1.82, 2.24) is 0 Å². The van der Waals surface area contributed by atoms with Gasteiger partial charge in [-0.05, 0) is 33.6 Å². The van der Waals surface area contributed by atoms with Crippen molar-refractivity contribution < 1.29 is 44.6 Å². The van der Waals surface area contributed by atoms with Gasteiger partial charge in [-0.1, -0.05) is 60.7 Å². The van der Waals surface area contributed by atoms with Gasteiger partial charge < -0.3 is 10.2 Å². The van der Waals surface area contributed by atoms with E-state index in [9.17, 15) is 4.79 Å². The number of hydrogen-bond acceptors (Lipinski definition) is 3. The zero-order valence-electron chi connectivity index (χ0n) is 13.6. The molecule has 0 saturated carbocycles. The van der Waals surface area contributed by atoms with Crippen LogP contribution in [-0.2, 0) is 9.53 Å². The van der Waals surface area contributed by atoms with E-state index in [0.717, 1.165) is 0 Å². The smallest absolute Gasteiger partial charge is 0.870 e. The Bertz CT molecular complexity index is 689. The van der Waals surface area contributed by atoms with Gasteiger partial charge in [0.25, 0.3) is 6.47 Å². The Hall–Kier alpha value is -1.30. The average molecular weight is 350 g/mol. The maximum Gasteiger partial charge on any atom is 1.00 e. The average Bonchev–Trinajstić information content (AvgIpc) is 3.11. The van der Waals surface area contributed by atoms with Crippen molar-refractivity contribution in [2.24, 2.45) is 0 Å². The molecule has 120 valence electrons. The molecule has 1 N–H and O–H groups in total. The van der Waals surface area contributed by atoms with E-state index in [1.54, 1.807) is 0 Å². The maximum atomic E-state index is 10.6. The van der Waals surface area contributed by atoms with Crippen LogP contribution in [0.5, 0.6) is 0 Å². The Morgan fingerprint density at radius 2 is 1.62 bits per heavy atom. The minimum absolute atomic E-state index is 0. The molecule has 0 bridgehead atoms. The summed E-state index contributed by atoms with van der Waals surface area (Å²) in [5, 5.41) is 4.63. The molecule has 1 aliphatic heterocycles. The predicted octanol–water partition coefficient (Wildman–Crippen LogP) is 1.44. The quantitative estimate of drug-likeness (QED) is 0.487. The first-order valence-corrected chi connectivity index (χ1v) is 8.76. The molecule has 5 heteroatoms. The molecule has 0 saturated heterocycles.